The number of hydrogen-bond donors (Lipinski definition) is 1. The fraction of sp³-hybridized carbons (Fsp3) is 0.471. The molecule has 3 heteroatoms. The van der Waals surface area contributed by atoms with Gasteiger partial charge in [-0.15, -0.1) is 0 Å². The maximum atomic E-state index is 4.18. The molecule has 20 heavy (non-hydrogen) atoms. The van der Waals surface area contributed by atoms with Crippen molar-refractivity contribution in [1.82, 2.24) is 15.2 Å². The molecule has 0 amide bonds. The Bertz CT molecular complexity index is 541. The molecule has 1 aromatic heterocycles. The monoisotopic (exact) mass is 269 g/mol. The molecule has 0 bridgehead atoms. The SMILES string of the molecule is c1cc(CNCCN2CCCCC2)c2ccncc2c1. The topological polar surface area (TPSA) is 28.2 Å². The zero-order valence-electron chi connectivity index (χ0n) is 12.0. The second kappa shape index (κ2) is 6.82. The fourth-order valence-electron chi connectivity index (χ4n) is 2.99. The Labute approximate surface area is 121 Å². The highest BCUT2D eigenvalue weighted by Crippen LogP contribution is 2.17. The molecule has 0 spiro atoms. The third-order valence-electron chi connectivity index (χ3n) is 4.14. The smallest absolute Gasteiger partial charge is 0.0346 e. The van der Waals surface area contributed by atoms with Gasteiger partial charge in [-0.3, -0.25) is 4.98 Å². The highest BCUT2D eigenvalue weighted by atomic mass is 15.1. The lowest BCUT2D eigenvalue weighted by Crippen LogP contribution is -2.35. The Morgan fingerprint density at radius 2 is 2.00 bits per heavy atom. The number of nitrogens with one attached hydrogen (secondary N) is 1. The van der Waals surface area contributed by atoms with Crippen molar-refractivity contribution >= 4 is 10.8 Å². The molecule has 0 aliphatic carbocycles. The third-order valence-corrected chi connectivity index (χ3v) is 4.14. The van der Waals surface area contributed by atoms with E-state index >= 15 is 0 Å². The lowest BCUT2D eigenvalue weighted by Gasteiger charge is -2.26. The van der Waals surface area contributed by atoms with Gasteiger partial charge in [0.2, 0.25) is 0 Å². The Morgan fingerprint density at radius 1 is 1.10 bits per heavy atom. The molecule has 1 aliphatic rings. The molecule has 2 heterocycles. The van der Waals surface area contributed by atoms with E-state index in [2.05, 4.69) is 39.5 Å². The van der Waals surface area contributed by atoms with Gasteiger partial charge in [-0.25, -0.2) is 0 Å². The number of nitrogens with zero attached hydrogens (tertiary/aromatic N) is 2. The summed E-state index contributed by atoms with van der Waals surface area (Å²) in [6.07, 6.45) is 7.97. The van der Waals surface area contributed by atoms with Crippen LogP contribution >= 0.6 is 0 Å². The van der Waals surface area contributed by atoms with Crippen LogP contribution in [0.25, 0.3) is 10.8 Å². The van der Waals surface area contributed by atoms with Crippen LogP contribution in [0.1, 0.15) is 24.8 Å². The van der Waals surface area contributed by atoms with Crippen molar-refractivity contribution in [2.24, 2.45) is 0 Å². The van der Waals surface area contributed by atoms with Crippen molar-refractivity contribution in [3.05, 3.63) is 42.2 Å². The molecule has 2 aromatic rings. The minimum Gasteiger partial charge on any atom is -0.311 e. The summed E-state index contributed by atoms with van der Waals surface area (Å²) in [5.41, 5.74) is 1.36. The number of piperidine rings is 1. The van der Waals surface area contributed by atoms with Gasteiger partial charge in [0.15, 0.2) is 0 Å². The summed E-state index contributed by atoms with van der Waals surface area (Å²) in [6, 6.07) is 8.55. The average molecular weight is 269 g/mol. The van der Waals surface area contributed by atoms with E-state index in [1.807, 2.05) is 12.4 Å². The maximum absolute atomic E-state index is 4.18. The number of likely N-dealkylation sites (tertiary alicyclic amines) is 1. The first-order valence-corrected chi connectivity index (χ1v) is 7.68. The maximum Gasteiger partial charge on any atom is 0.0346 e. The lowest BCUT2D eigenvalue weighted by atomic mass is 10.1. The predicted molar refractivity (Wildman–Crippen MR) is 83.7 cm³/mol. The number of benzene rings is 1. The van der Waals surface area contributed by atoms with Crippen LogP contribution in [0.3, 0.4) is 0 Å². The molecule has 1 fully saturated rings. The van der Waals surface area contributed by atoms with Gasteiger partial charge in [-0.1, -0.05) is 24.6 Å². The number of fused-ring (bicyclic) bond motifs is 1. The van der Waals surface area contributed by atoms with Crippen LogP contribution in [0, 0.1) is 0 Å². The zero-order valence-corrected chi connectivity index (χ0v) is 12.0. The third kappa shape index (κ3) is 3.35. The largest absolute Gasteiger partial charge is 0.311 e. The van der Waals surface area contributed by atoms with E-state index in [0.717, 1.165) is 13.1 Å². The van der Waals surface area contributed by atoms with E-state index in [0.29, 0.717) is 0 Å². The van der Waals surface area contributed by atoms with Crippen LogP contribution in [-0.2, 0) is 6.54 Å². The van der Waals surface area contributed by atoms with E-state index in [9.17, 15) is 0 Å². The van der Waals surface area contributed by atoms with Crippen LogP contribution in [0.15, 0.2) is 36.7 Å². The minimum atomic E-state index is 0.940. The van der Waals surface area contributed by atoms with Crippen molar-refractivity contribution in [2.45, 2.75) is 25.8 Å². The van der Waals surface area contributed by atoms with Gasteiger partial charge in [0.25, 0.3) is 0 Å². The number of aromatic nitrogens is 1. The molecule has 0 radical (unpaired) electrons. The van der Waals surface area contributed by atoms with Gasteiger partial charge in [0, 0.05) is 37.4 Å². The van der Waals surface area contributed by atoms with Gasteiger partial charge < -0.3 is 10.2 Å². The average Bonchev–Trinajstić information content (AvgIpc) is 2.53. The predicted octanol–water partition coefficient (Wildman–Crippen LogP) is 2.81. The van der Waals surface area contributed by atoms with E-state index in [4.69, 9.17) is 0 Å². The van der Waals surface area contributed by atoms with Crippen molar-refractivity contribution in [3.63, 3.8) is 0 Å². The van der Waals surface area contributed by atoms with Crippen molar-refractivity contribution in [3.8, 4) is 0 Å². The molecule has 3 rings (SSSR count). The standard InChI is InChI=1S/C17H23N3/c1-2-10-20(11-3-1)12-9-19-14-16-6-4-5-15-13-18-8-7-17(15)16/h4-8,13,19H,1-3,9-12,14H2. The minimum absolute atomic E-state index is 0.940. The Morgan fingerprint density at radius 3 is 2.90 bits per heavy atom. The Balaban J connectivity index is 1.52. The summed E-state index contributed by atoms with van der Waals surface area (Å²) in [6.45, 7) is 5.74. The van der Waals surface area contributed by atoms with Crippen LogP contribution in [0.2, 0.25) is 0 Å². The molecule has 106 valence electrons. The highest BCUT2D eigenvalue weighted by Gasteiger charge is 2.08. The van der Waals surface area contributed by atoms with Gasteiger partial charge in [-0.2, -0.15) is 0 Å². The number of rotatable bonds is 5. The molecular formula is C17H23N3. The van der Waals surface area contributed by atoms with Gasteiger partial charge >= 0.3 is 0 Å². The first-order chi connectivity index (χ1) is 9.93. The summed E-state index contributed by atoms with van der Waals surface area (Å²) < 4.78 is 0. The summed E-state index contributed by atoms with van der Waals surface area (Å²) in [4.78, 5) is 6.76. The Hall–Kier alpha value is -1.45. The second-order valence-corrected chi connectivity index (χ2v) is 5.59. The first-order valence-electron chi connectivity index (χ1n) is 7.68. The van der Waals surface area contributed by atoms with E-state index < -0.39 is 0 Å². The molecule has 3 nitrogen and oxygen atoms in total. The fourth-order valence-corrected chi connectivity index (χ4v) is 2.99. The van der Waals surface area contributed by atoms with E-state index in [-0.39, 0.29) is 0 Å². The first kappa shape index (κ1) is 13.5. The molecule has 1 saturated heterocycles. The van der Waals surface area contributed by atoms with Crippen molar-refractivity contribution in [1.29, 1.82) is 0 Å². The normalized spacial score (nSPS) is 16.6. The molecule has 0 saturated carbocycles. The van der Waals surface area contributed by atoms with Crippen LogP contribution in [0.4, 0.5) is 0 Å². The quantitative estimate of drug-likeness (QED) is 0.846. The number of hydrogen-bond acceptors (Lipinski definition) is 3. The second-order valence-electron chi connectivity index (χ2n) is 5.59. The zero-order chi connectivity index (χ0) is 13.6. The molecule has 1 aliphatic heterocycles. The summed E-state index contributed by atoms with van der Waals surface area (Å²) in [7, 11) is 0. The molecule has 1 N–H and O–H groups in total. The summed E-state index contributed by atoms with van der Waals surface area (Å²) in [5.74, 6) is 0. The molecule has 1 aromatic carbocycles. The molecule has 0 atom stereocenters. The summed E-state index contributed by atoms with van der Waals surface area (Å²) >= 11 is 0. The van der Waals surface area contributed by atoms with Crippen molar-refractivity contribution in [2.75, 3.05) is 26.2 Å². The van der Waals surface area contributed by atoms with E-state index in [1.54, 1.807) is 0 Å². The van der Waals surface area contributed by atoms with Gasteiger partial charge in [0.05, 0.1) is 0 Å². The van der Waals surface area contributed by atoms with Gasteiger partial charge in [0.1, 0.15) is 0 Å². The Kier molecular flexibility index (Phi) is 4.61. The van der Waals surface area contributed by atoms with Crippen LogP contribution in [0.5, 0.6) is 0 Å². The molecular weight excluding hydrogens is 246 g/mol. The highest BCUT2D eigenvalue weighted by molar-refractivity contribution is 5.84. The van der Waals surface area contributed by atoms with Crippen molar-refractivity contribution < 1.29 is 0 Å². The molecule has 0 unspecified atom stereocenters. The summed E-state index contributed by atoms with van der Waals surface area (Å²) in [5, 5.41) is 6.12. The van der Waals surface area contributed by atoms with E-state index in [1.165, 1.54) is 55.2 Å². The van der Waals surface area contributed by atoms with Gasteiger partial charge in [-0.05, 0) is 42.9 Å². The number of pyridine rings is 1. The van der Waals surface area contributed by atoms with Crippen LogP contribution in [-0.4, -0.2) is 36.1 Å². The van der Waals surface area contributed by atoms with Crippen LogP contribution < -0.4 is 5.32 Å². The lowest BCUT2D eigenvalue weighted by molar-refractivity contribution is 0.229.